The maximum atomic E-state index is 12.7. The second-order valence-electron chi connectivity index (χ2n) is 3.82. The SMILES string of the molecule is CCS(=O)(=O)CCNc1c(Cl)cccc1C(F)(F)F. The van der Waals surface area contributed by atoms with Gasteiger partial charge in [0.25, 0.3) is 0 Å². The fraction of sp³-hybridized carbons (Fsp3) is 0.455. The summed E-state index contributed by atoms with van der Waals surface area (Å²) in [5.41, 5.74) is -1.20. The van der Waals surface area contributed by atoms with Gasteiger partial charge in [-0.1, -0.05) is 24.6 Å². The molecule has 0 spiro atoms. The van der Waals surface area contributed by atoms with Gasteiger partial charge in [-0.15, -0.1) is 0 Å². The molecule has 0 saturated heterocycles. The van der Waals surface area contributed by atoms with Crippen LogP contribution in [0.1, 0.15) is 12.5 Å². The minimum atomic E-state index is -4.54. The molecule has 0 atom stereocenters. The molecule has 1 rings (SSSR count). The van der Waals surface area contributed by atoms with Crippen LogP contribution in [-0.2, 0) is 16.0 Å². The van der Waals surface area contributed by atoms with E-state index in [0.717, 1.165) is 6.07 Å². The Bertz CT molecular complexity index is 543. The molecule has 19 heavy (non-hydrogen) atoms. The molecule has 0 aliphatic rings. The van der Waals surface area contributed by atoms with Crippen LogP contribution < -0.4 is 5.32 Å². The van der Waals surface area contributed by atoms with Gasteiger partial charge in [0.15, 0.2) is 9.84 Å². The van der Waals surface area contributed by atoms with Gasteiger partial charge >= 0.3 is 6.18 Å². The molecule has 0 aliphatic carbocycles. The molecule has 0 bridgehead atoms. The zero-order chi connectivity index (χ0) is 14.7. The van der Waals surface area contributed by atoms with Crippen molar-refractivity contribution in [3.8, 4) is 0 Å². The Morgan fingerprint density at radius 3 is 2.47 bits per heavy atom. The van der Waals surface area contributed by atoms with E-state index in [2.05, 4.69) is 5.32 Å². The van der Waals surface area contributed by atoms with Crippen LogP contribution in [0, 0.1) is 0 Å². The highest BCUT2D eigenvalue weighted by Crippen LogP contribution is 2.38. The Kier molecular flexibility index (Phi) is 5.09. The lowest BCUT2D eigenvalue weighted by molar-refractivity contribution is -0.136. The van der Waals surface area contributed by atoms with Crippen LogP contribution in [0.15, 0.2) is 18.2 Å². The first kappa shape index (κ1) is 16.1. The average molecular weight is 316 g/mol. The van der Waals surface area contributed by atoms with E-state index in [0.29, 0.717) is 0 Å². The molecule has 0 amide bonds. The van der Waals surface area contributed by atoms with Crippen LogP contribution in [0.2, 0.25) is 5.02 Å². The molecule has 0 heterocycles. The van der Waals surface area contributed by atoms with E-state index in [-0.39, 0.29) is 28.8 Å². The fourth-order valence-corrected chi connectivity index (χ4v) is 2.36. The molecule has 108 valence electrons. The third-order valence-electron chi connectivity index (χ3n) is 2.47. The second-order valence-corrected chi connectivity index (χ2v) is 6.70. The number of hydrogen-bond donors (Lipinski definition) is 1. The lowest BCUT2D eigenvalue weighted by atomic mass is 10.1. The summed E-state index contributed by atoms with van der Waals surface area (Å²) in [5.74, 6) is -0.296. The minimum absolute atomic E-state index is 0.0523. The molecule has 1 N–H and O–H groups in total. The standard InChI is InChI=1S/C11H13ClF3NO2S/c1-2-19(17,18)7-6-16-10-8(11(13,14)15)4-3-5-9(10)12/h3-5,16H,2,6-7H2,1H3. The van der Waals surface area contributed by atoms with Crippen molar-refractivity contribution in [2.45, 2.75) is 13.1 Å². The Morgan fingerprint density at radius 1 is 1.32 bits per heavy atom. The van der Waals surface area contributed by atoms with E-state index in [9.17, 15) is 21.6 Å². The zero-order valence-electron chi connectivity index (χ0n) is 10.1. The van der Waals surface area contributed by atoms with Gasteiger partial charge in [-0.05, 0) is 12.1 Å². The summed E-state index contributed by atoms with van der Waals surface area (Å²) in [5, 5.41) is 2.35. The summed E-state index contributed by atoms with van der Waals surface area (Å²) in [6.07, 6.45) is -4.54. The first-order chi connectivity index (χ1) is 8.67. The number of sulfone groups is 1. The maximum absolute atomic E-state index is 12.7. The summed E-state index contributed by atoms with van der Waals surface area (Å²) in [6, 6.07) is 3.40. The van der Waals surface area contributed by atoms with Gasteiger partial charge in [0.2, 0.25) is 0 Å². The number of nitrogens with one attached hydrogen (secondary N) is 1. The lowest BCUT2D eigenvalue weighted by Gasteiger charge is -2.15. The van der Waals surface area contributed by atoms with E-state index in [4.69, 9.17) is 11.6 Å². The summed E-state index contributed by atoms with van der Waals surface area (Å²) in [7, 11) is -3.24. The van der Waals surface area contributed by atoms with Gasteiger partial charge in [-0.25, -0.2) is 8.42 Å². The Hall–Kier alpha value is -0.950. The van der Waals surface area contributed by atoms with Gasteiger partial charge in [-0.3, -0.25) is 0 Å². The largest absolute Gasteiger partial charge is 0.418 e. The van der Waals surface area contributed by atoms with Gasteiger partial charge in [0.1, 0.15) is 0 Å². The van der Waals surface area contributed by atoms with Crippen LogP contribution in [0.3, 0.4) is 0 Å². The van der Waals surface area contributed by atoms with Gasteiger partial charge in [0, 0.05) is 12.3 Å². The monoisotopic (exact) mass is 315 g/mol. The Balaban J connectivity index is 2.90. The van der Waals surface area contributed by atoms with E-state index < -0.39 is 21.6 Å². The van der Waals surface area contributed by atoms with Crippen LogP contribution in [0.4, 0.5) is 18.9 Å². The summed E-state index contributed by atoms with van der Waals surface area (Å²) < 4.78 is 60.7. The quantitative estimate of drug-likeness (QED) is 0.907. The third-order valence-corrected chi connectivity index (χ3v) is 4.49. The summed E-state index contributed by atoms with van der Waals surface area (Å²) in [4.78, 5) is 0. The third kappa shape index (κ3) is 4.58. The Morgan fingerprint density at radius 2 is 1.95 bits per heavy atom. The van der Waals surface area contributed by atoms with Crippen LogP contribution >= 0.6 is 11.6 Å². The van der Waals surface area contributed by atoms with Crippen molar-refractivity contribution in [1.82, 2.24) is 0 Å². The number of hydrogen-bond acceptors (Lipinski definition) is 3. The fourth-order valence-electron chi connectivity index (χ4n) is 1.42. The van der Waals surface area contributed by atoms with Gasteiger partial charge in [-0.2, -0.15) is 13.2 Å². The van der Waals surface area contributed by atoms with Crippen molar-refractivity contribution in [2.24, 2.45) is 0 Å². The van der Waals surface area contributed by atoms with E-state index in [1.54, 1.807) is 0 Å². The zero-order valence-corrected chi connectivity index (χ0v) is 11.7. The van der Waals surface area contributed by atoms with E-state index in [1.165, 1.54) is 19.1 Å². The molecule has 0 unspecified atom stereocenters. The van der Waals surface area contributed by atoms with Crippen molar-refractivity contribution >= 4 is 27.1 Å². The van der Waals surface area contributed by atoms with Gasteiger partial charge in [0.05, 0.1) is 22.0 Å². The highest BCUT2D eigenvalue weighted by Gasteiger charge is 2.34. The van der Waals surface area contributed by atoms with Crippen LogP contribution in [0.5, 0.6) is 0 Å². The number of rotatable bonds is 5. The predicted molar refractivity (Wildman–Crippen MR) is 69.3 cm³/mol. The molecule has 0 radical (unpaired) electrons. The first-order valence-electron chi connectivity index (χ1n) is 5.47. The van der Waals surface area contributed by atoms with Crippen molar-refractivity contribution in [2.75, 3.05) is 23.4 Å². The summed E-state index contributed by atoms with van der Waals surface area (Å²) >= 11 is 5.71. The number of anilines is 1. The second kappa shape index (κ2) is 6.00. The van der Waals surface area contributed by atoms with Crippen molar-refractivity contribution in [3.63, 3.8) is 0 Å². The molecular formula is C11H13ClF3NO2S. The van der Waals surface area contributed by atoms with Gasteiger partial charge < -0.3 is 5.32 Å². The molecule has 1 aromatic carbocycles. The minimum Gasteiger partial charge on any atom is -0.382 e. The average Bonchev–Trinajstić information content (AvgIpc) is 2.29. The molecule has 8 heteroatoms. The molecule has 1 aromatic rings. The molecule has 3 nitrogen and oxygen atoms in total. The van der Waals surface area contributed by atoms with Crippen molar-refractivity contribution < 1.29 is 21.6 Å². The molecule has 0 aliphatic heterocycles. The predicted octanol–water partition coefficient (Wildman–Crippen LogP) is 3.21. The van der Waals surface area contributed by atoms with Crippen molar-refractivity contribution in [3.05, 3.63) is 28.8 Å². The lowest BCUT2D eigenvalue weighted by Crippen LogP contribution is -2.19. The smallest absolute Gasteiger partial charge is 0.382 e. The molecule has 0 saturated carbocycles. The number of benzene rings is 1. The van der Waals surface area contributed by atoms with Crippen LogP contribution in [-0.4, -0.2) is 26.5 Å². The van der Waals surface area contributed by atoms with E-state index in [1.807, 2.05) is 0 Å². The number of alkyl halides is 3. The number of para-hydroxylation sites is 1. The van der Waals surface area contributed by atoms with E-state index >= 15 is 0 Å². The molecular weight excluding hydrogens is 303 g/mol. The molecule has 0 aromatic heterocycles. The van der Waals surface area contributed by atoms with Crippen LogP contribution in [0.25, 0.3) is 0 Å². The topological polar surface area (TPSA) is 46.2 Å². The Labute approximate surface area is 114 Å². The first-order valence-corrected chi connectivity index (χ1v) is 7.67. The highest BCUT2D eigenvalue weighted by molar-refractivity contribution is 7.91. The van der Waals surface area contributed by atoms with Crippen molar-refractivity contribution in [1.29, 1.82) is 0 Å². The maximum Gasteiger partial charge on any atom is 0.418 e. The summed E-state index contributed by atoms with van der Waals surface area (Å²) in [6.45, 7) is 1.36. The number of halogens is 4. The normalized spacial score (nSPS) is 12.5. The molecule has 0 fully saturated rings. The highest BCUT2D eigenvalue weighted by atomic mass is 35.5.